The van der Waals surface area contributed by atoms with Gasteiger partial charge in [-0.2, -0.15) is 0 Å². The summed E-state index contributed by atoms with van der Waals surface area (Å²) in [5, 5.41) is 11.0. The minimum Gasteiger partial charge on any atom is -0.546 e. The first-order valence-corrected chi connectivity index (χ1v) is 11.0. The quantitative estimate of drug-likeness (QED) is 0.462. The van der Waals surface area contributed by atoms with Crippen molar-refractivity contribution < 1.29 is 33.0 Å². The number of methoxy groups -OCH3 is 1. The summed E-state index contributed by atoms with van der Waals surface area (Å²) in [7, 11) is 1.40. The van der Waals surface area contributed by atoms with E-state index in [0.29, 0.717) is 27.0 Å². The van der Waals surface area contributed by atoms with Gasteiger partial charge in [0.25, 0.3) is 5.91 Å². The standard InChI is InChI=1S/C25H18F2N2O5S/c1-33-21-12-15(2-11-20(21)34-14-23(30)31)13-22-24(32)29(19-9-5-17(27)6-10-19)25(35-22)28-18-7-3-16(26)4-8-18/h2-13H,14H2,1H3,(H,30,31)/p-1/b22-13+,28-25?. The van der Waals surface area contributed by atoms with Crippen molar-refractivity contribution in [2.45, 2.75) is 0 Å². The first-order chi connectivity index (χ1) is 16.8. The Labute approximate surface area is 203 Å². The van der Waals surface area contributed by atoms with E-state index in [2.05, 4.69) is 4.99 Å². The van der Waals surface area contributed by atoms with E-state index in [4.69, 9.17) is 9.47 Å². The summed E-state index contributed by atoms with van der Waals surface area (Å²) in [6.07, 6.45) is 1.61. The topological polar surface area (TPSA) is 91.3 Å². The molecule has 35 heavy (non-hydrogen) atoms. The molecular formula is C25H17F2N2O5S-. The lowest BCUT2D eigenvalue weighted by atomic mass is 10.2. The molecule has 1 aliphatic heterocycles. The summed E-state index contributed by atoms with van der Waals surface area (Å²) in [5.74, 6) is -2.16. The molecule has 0 saturated carbocycles. The number of amidine groups is 1. The molecule has 0 spiro atoms. The van der Waals surface area contributed by atoms with Crippen molar-refractivity contribution in [2.75, 3.05) is 18.6 Å². The van der Waals surface area contributed by atoms with Crippen LogP contribution in [0, 0.1) is 11.6 Å². The van der Waals surface area contributed by atoms with Crippen LogP contribution in [-0.2, 0) is 9.59 Å². The van der Waals surface area contributed by atoms with Gasteiger partial charge < -0.3 is 19.4 Å². The predicted molar refractivity (Wildman–Crippen MR) is 126 cm³/mol. The third-order valence-corrected chi connectivity index (χ3v) is 5.74. The highest BCUT2D eigenvalue weighted by Crippen LogP contribution is 2.38. The summed E-state index contributed by atoms with van der Waals surface area (Å²) in [5.41, 5.74) is 1.43. The number of carbonyl (C=O) groups excluding carboxylic acids is 2. The number of anilines is 1. The molecule has 0 aliphatic carbocycles. The van der Waals surface area contributed by atoms with Gasteiger partial charge in [0.15, 0.2) is 16.7 Å². The molecule has 0 N–H and O–H groups in total. The number of halogens is 2. The van der Waals surface area contributed by atoms with Crippen molar-refractivity contribution in [2.24, 2.45) is 4.99 Å². The number of carboxylic acids is 1. The highest BCUT2D eigenvalue weighted by molar-refractivity contribution is 8.19. The molecule has 1 heterocycles. The number of aliphatic imine (C=N–C) groups is 1. The molecule has 1 aliphatic rings. The molecule has 7 nitrogen and oxygen atoms in total. The van der Waals surface area contributed by atoms with Crippen LogP contribution in [-0.4, -0.2) is 30.8 Å². The normalized spacial score (nSPS) is 15.6. The Morgan fingerprint density at radius 3 is 2.31 bits per heavy atom. The molecule has 0 bridgehead atoms. The first-order valence-electron chi connectivity index (χ1n) is 10.2. The van der Waals surface area contributed by atoms with Gasteiger partial charge in [0.05, 0.1) is 29.4 Å². The number of rotatable bonds is 7. The third kappa shape index (κ3) is 5.67. The average molecular weight is 495 g/mol. The first kappa shape index (κ1) is 24.0. The molecule has 1 saturated heterocycles. The van der Waals surface area contributed by atoms with Crippen LogP contribution < -0.4 is 19.5 Å². The van der Waals surface area contributed by atoms with E-state index in [1.807, 2.05) is 0 Å². The Morgan fingerprint density at radius 2 is 1.69 bits per heavy atom. The second-order valence-corrected chi connectivity index (χ2v) is 8.18. The van der Waals surface area contributed by atoms with Crippen molar-refractivity contribution in [3.05, 3.63) is 88.8 Å². The molecule has 0 unspecified atom stereocenters. The van der Waals surface area contributed by atoms with Crippen LogP contribution in [0.15, 0.2) is 76.6 Å². The van der Waals surface area contributed by atoms with E-state index < -0.39 is 30.1 Å². The number of carbonyl (C=O) groups is 2. The number of nitrogens with zero attached hydrogens (tertiary/aromatic N) is 2. The fourth-order valence-corrected chi connectivity index (χ4v) is 4.17. The lowest BCUT2D eigenvalue weighted by Gasteiger charge is -2.15. The molecule has 0 aromatic heterocycles. The third-order valence-electron chi connectivity index (χ3n) is 4.77. The van der Waals surface area contributed by atoms with E-state index in [1.54, 1.807) is 18.2 Å². The van der Waals surface area contributed by atoms with Crippen LogP contribution in [0.2, 0.25) is 0 Å². The SMILES string of the molecule is COc1cc(/C=C2/SC(=Nc3ccc(F)cc3)N(c3ccc(F)cc3)C2=O)ccc1OCC(=O)[O-]. The number of ether oxygens (including phenoxy) is 2. The Balaban J connectivity index is 1.70. The molecule has 178 valence electrons. The van der Waals surface area contributed by atoms with Crippen molar-refractivity contribution in [3.63, 3.8) is 0 Å². The molecule has 4 rings (SSSR count). The van der Waals surface area contributed by atoms with Crippen LogP contribution in [0.5, 0.6) is 11.5 Å². The van der Waals surface area contributed by atoms with Crippen LogP contribution in [0.3, 0.4) is 0 Å². The van der Waals surface area contributed by atoms with E-state index in [9.17, 15) is 23.5 Å². The van der Waals surface area contributed by atoms with E-state index >= 15 is 0 Å². The number of thioether (sulfide) groups is 1. The van der Waals surface area contributed by atoms with Crippen LogP contribution >= 0.6 is 11.8 Å². The molecule has 1 amide bonds. The molecule has 3 aromatic rings. The van der Waals surface area contributed by atoms with Gasteiger partial charge in [0, 0.05) is 0 Å². The fraction of sp³-hybridized carbons (Fsp3) is 0.0800. The fourth-order valence-electron chi connectivity index (χ4n) is 3.17. The summed E-state index contributed by atoms with van der Waals surface area (Å²) < 4.78 is 37.2. The van der Waals surface area contributed by atoms with Crippen LogP contribution in [0.1, 0.15) is 5.56 Å². The average Bonchev–Trinajstić information content (AvgIpc) is 3.14. The van der Waals surface area contributed by atoms with Crippen molar-refractivity contribution in [3.8, 4) is 11.5 Å². The van der Waals surface area contributed by atoms with Gasteiger partial charge in [-0.1, -0.05) is 6.07 Å². The number of hydrogen-bond acceptors (Lipinski definition) is 7. The van der Waals surface area contributed by atoms with Crippen LogP contribution in [0.25, 0.3) is 6.08 Å². The Bertz CT molecular complexity index is 1320. The predicted octanol–water partition coefficient (Wildman–Crippen LogP) is 3.91. The molecule has 0 radical (unpaired) electrons. The highest BCUT2D eigenvalue weighted by Gasteiger charge is 2.34. The Morgan fingerprint density at radius 1 is 1.03 bits per heavy atom. The van der Waals surface area contributed by atoms with Crippen molar-refractivity contribution >= 4 is 46.3 Å². The number of benzene rings is 3. The second-order valence-electron chi connectivity index (χ2n) is 7.17. The maximum atomic E-state index is 13.5. The van der Waals surface area contributed by atoms with E-state index in [0.717, 1.165) is 11.8 Å². The van der Waals surface area contributed by atoms with Gasteiger partial charge in [-0.3, -0.25) is 9.69 Å². The second kappa shape index (κ2) is 10.4. The smallest absolute Gasteiger partial charge is 0.271 e. The summed E-state index contributed by atoms with van der Waals surface area (Å²) >= 11 is 1.09. The van der Waals surface area contributed by atoms with Gasteiger partial charge in [-0.05, 0) is 84.1 Å². The van der Waals surface area contributed by atoms with Gasteiger partial charge in [0.2, 0.25) is 0 Å². The maximum absolute atomic E-state index is 13.5. The monoisotopic (exact) mass is 495 g/mol. The number of aliphatic carboxylic acids is 1. The van der Waals surface area contributed by atoms with Crippen molar-refractivity contribution in [1.82, 2.24) is 0 Å². The molecule has 0 atom stereocenters. The molecule has 3 aromatic carbocycles. The number of amides is 1. The number of carboxylic acid groups (broad SMARTS) is 1. The van der Waals surface area contributed by atoms with E-state index in [-0.39, 0.29) is 11.5 Å². The van der Waals surface area contributed by atoms with Crippen LogP contribution in [0.4, 0.5) is 20.2 Å². The zero-order chi connectivity index (χ0) is 24.9. The lowest BCUT2D eigenvalue weighted by Crippen LogP contribution is -2.29. The number of hydrogen-bond donors (Lipinski definition) is 0. The van der Waals surface area contributed by atoms with E-state index in [1.165, 1.54) is 66.6 Å². The van der Waals surface area contributed by atoms with Gasteiger partial charge in [-0.15, -0.1) is 0 Å². The lowest BCUT2D eigenvalue weighted by molar-refractivity contribution is -0.307. The summed E-state index contributed by atoms with van der Waals surface area (Å²) in [6, 6.07) is 15.6. The van der Waals surface area contributed by atoms with Gasteiger partial charge in [0.1, 0.15) is 18.2 Å². The van der Waals surface area contributed by atoms with Crippen molar-refractivity contribution in [1.29, 1.82) is 0 Å². The van der Waals surface area contributed by atoms with Gasteiger partial charge in [-0.25, -0.2) is 13.8 Å². The van der Waals surface area contributed by atoms with Gasteiger partial charge >= 0.3 is 0 Å². The Hall–Kier alpha value is -4.18. The largest absolute Gasteiger partial charge is 0.546 e. The molecule has 1 fully saturated rings. The minimum absolute atomic E-state index is 0.204. The summed E-state index contributed by atoms with van der Waals surface area (Å²) in [6.45, 7) is -0.638. The highest BCUT2D eigenvalue weighted by atomic mass is 32.2. The molecular weight excluding hydrogens is 478 g/mol. The zero-order valence-electron chi connectivity index (χ0n) is 18.2. The Kier molecular flexibility index (Phi) is 7.11. The minimum atomic E-state index is -1.37. The maximum Gasteiger partial charge on any atom is 0.271 e. The zero-order valence-corrected chi connectivity index (χ0v) is 19.1. The summed E-state index contributed by atoms with van der Waals surface area (Å²) in [4.78, 5) is 30.1. The molecule has 10 heteroatoms.